The highest BCUT2D eigenvalue weighted by molar-refractivity contribution is 7.89. The second-order valence-corrected chi connectivity index (χ2v) is 7.78. The molecular weight excluding hydrogens is 376 g/mol. The fourth-order valence-corrected chi connectivity index (χ4v) is 3.88. The number of halogens is 1. The summed E-state index contributed by atoms with van der Waals surface area (Å²) in [6, 6.07) is 12.7. The second-order valence-electron chi connectivity index (χ2n) is 5.40. The molecule has 0 fully saturated rings. The Labute approximate surface area is 158 Å². The quantitative estimate of drug-likeness (QED) is 0.742. The number of nitrogens with one attached hydrogen (secondary N) is 1. The highest BCUT2D eigenvalue weighted by Crippen LogP contribution is 2.19. The van der Waals surface area contributed by atoms with Crippen LogP contribution >= 0.6 is 11.6 Å². The number of hydrogen-bond acceptors (Lipinski definition) is 4. The van der Waals surface area contributed by atoms with E-state index in [0.29, 0.717) is 29.5 Å². The molecule has 2 rings (SSSR count). The van der Waals surface area contributed by atoms with Gasteiger partial charge in [-0.25, -0.2) is 8.42 Å². The molecule has 0 spiro atoms. The van der Waals surface area contributed by atoms with E-state index in [2.05, 4.69) is 5.32 Å². The van der Waals surface area contributed by atoms with E-state index in [-0.39, 0.29) is 17.4 Å². The number of carbonyl (C=O) groups excluding carboxylic acids is 1. The molecule has 0 aliphatic rings. The van der Waals surface area contributed by atoms with Crippen LogP contribution in [0.3, 0.4) is 0 Å². The van der Waals surface area contributed by atoms with Gasteiger partial charge in [-0.15, -0.1) is 0 Å². The fourth-order valence-electron chi connectivity index (χ4n) is 2.30. The van der Waals surface area contributed by atoms with Gasteiger partial charge in [0.05, 0.1) is 4.90 Å². The molecule has 0 saturated heterocycles. The van der Waals surface area contributed by atoms with Gasteiger partial charge in [0.15, 0.2) is 6.61 Å². The number of sulfonamides is 1. The van der Waals surface area contributed by atoms with E-state index < -0.39 is 10.0 Å². The SMILES string of the molecule is CCN(CC)S(=O)(=O)c1ccc(OCC(=O)Nc2ccc(Cl)cc2)cc1. The third-order valence-electron chi connectivity index (χ3n) is 3.66. The molecule has 1 N–H and O–H groups in total. The molecule has 2 aromatic rings. The van der Waals surface area contributed by atoms with Crippen molar-refractivity contribution in [3.05, 3.63) is 53.6 Å². The van der Waals surface area contributed by atoms with Crippen LogP contribution in [-0.2, 0) is 14.8 Å². The van der Waals surface area contributed by atoms with Gasteiger partial charge in [-0.2, -0.15) is 4.31 Å². The lowest BCUT2D eigenvalue weighted by molar-refractivity contribution is -0.118. The zero-order valence-corrected chi connectivity index (χ0v) is 16.2. The smallest absolute Gasteiger partial charge is 0.262 e. The normalized spacial score (nSPS) is 11.4. The van der Waals surface area contributed by atoms with Gasteiger partial charge in [0.1, 0.15) is 5.75 Å². The number of carbonyl (C=O) groups is 1. The molecule has 0 aliphatic heterocycles. The molecule has 0 unspecified atom stereocenters. The molecule has 0 bridgehead atoms. The van der Waals surface area contributed by atoms with Crippen LogP contribution in [0.4, 0.5) is 5.69 Å². The van der Waals surface area contributed by atoms with Gasteiger partial charge in [0, 0.05) is 23.8 Å². The van der Waals surface area contributed by atoms with Gasteiger partial charge in [-0.3, -0.25) is 4.79 Å². The average Bonchev–Trinajstić information content (AvgIpc) is 2.63. The molecule has 6 nitrogen and oxygen atoms in total. The van der Waals surface area contributed by atoms with Crippen LogP contribution < -0.4 is 10.1 Å². The molecule has 2 aromatic carbocycles. The predicted molar refractivity (Wildman–Crippen MR) is 102 cm³/mol. The first-order valence-corrected chi connectivity index (χ1v) is 9.97. The average molecular weight is 397 g/mol. The Kier molecular flexibility index (Phi) is 7.02. The minimum absolute atomic E-state index is 0.190. The van der Waals surface area contributed by atoms with Crippen LogP contribution in [0.25, 0.3) is 0 Å². The Bertz CT molecular complexity index is 832. The van der Waals surface area contributed by atoms with E-state index in [4.69, 9.17) is 16.3 Å². The maximum Gasteiger partial charge on any atom is 0.262 e. The molecule has 26 heavy (non-hydrogen) atoms. The van der Waals surface area contributed by atoms with E-state index in [1.165, 1.54) is 28.6 Å². The highest BCUT2D eigenvalue weighted by Gasteiger charge is 2.21. The van der Waals surface area contributed by atoms with Gasteiger partial charge in [0.25, 0.3) is 5.91 Å². The first-order valence-electron chi connectivity index (χ1n) is 8.15. The Morgan fingerprint density at radius 2 is 1.62 bits per heavy atom. The van der Waals surface area contributed by atoms with Crippen molar-refractivity contribution in [3.63, 3.8) is 0 Å². The number of anilines is 1. The van der Waals surface area contributed by atoms with Crippen LogP contribution in [0.15, 0.2) is 53.4 Å². The topological polar surface area (TPSA) is 75.7 Å². The summed E-state index contributed by atoms with van der Waals surface area (Å²) in [6.45, 7) is 4.20. The number of ether oxygens (including phenoxy) is 1. The van der Waals surface area contributed by atoms with Gasteiger partial charge < -0.3 is 10.1 Å². The van der Waals surface area contributed by atoms with Crippen molar-refractivity contribution >= 4 is 33.2 Å². The Morgan fingerprint density at radius 1 is 1.04 bits per heavy atom. The zero-order valence-electron chi connectivity index (χ0n) is 14.6. The first-order chi connectivity index (χ1) is 12.4. The van der Waals surface area contributed by atoms with Crippen molar-refractivity contribution in [3.8, 4) is 5.75 Å². The van der Waals surface area contributed by atoms with E-state index in [0.717, 1.165) is 0 Å². The largest absolute Gasteiger partial charge is 0.484 e. The van der Waals surface area contributed by atoms with Crippen molar-refractivity contribution in [2.45, 2.75) is 18.7 Å². The summed E-state index contributed by atoms with van der Waals surface area (Å²) in [5.41, 5.74) is 0.615. The standard InChI is InChI=1S/C18H21ClN2O4S/c1-3-21(4-2)26(23,24)17-11-9-16(10-12-17)25-13-18(22)20-15-7-5-14(19)6-8-15/h5-12H,3-4,13H2,1-2H3,(H,20,22). The molecule has 1 amide bonds. The van der Waals surface area contributed by atoms with Gasteiger partial charge in [-0.1, -0.05) is 25.4 Å². The Morgan fingerprint density at radius 3 is 2.15 bits per heavy atom. The van der Waals surface area contributed by atoms with Crippen molar-refractivity contribution < 1.29 is 17.9 Å². The molecular formula is C18H21ClN2O4S. The maximum absolute atomic E-state index is 12.4. The number of nitrogens with zero attached hydrogens (tertiary/aromatic N) is 1. The summed E-state index contributed by atoms with van der Waals surface area (Å²) in [5.74, 6) is 0.0851. The van der Waals surface area contributed by atoms with Gasteiger partial charge in [0.2, 0.25) is 10.0 Å². The lowest BCUT2D eigenvalue weighted by Gasteiger charge is -2.18. The second kappa shape index (κ2) is 9.02. The number of rotatable bonds is 8. The number of hydrogen-bond donors (Lipinski definition) is 1. The van der Waals surface area contributed by atoms with Gasteiger partial charge in [-0.05, 0) is 48.5 Å². The van der Waals surface area contributed by atoms with Crippen molar-refractivity contribution in [1.29, 1.82) is 0 Å². The molecule has 0 saturated carbocycles. The molecule has 0 radical (unpaired) electrons. The fraction of sp³-hybridized carbons (Fsp3) is 0.278. The number of benzene rings is 2. The Hall–Kier alpha value is -2.09. The monoisotopic (exact) mass is 396 g/mol. The summed E-state index contributed by atoms with van der Waals surface area (Å²) in [6.07, 6.45) is 0. The van der Waals surface area contributed by atoms with Crippen molar-refractivity contribution in [2.75, 3.05) is 25.0 Å². The van der Waals surface area contributed by atoms with Crippen molar-refractivity contribution in [1.82, 2.24) is 4.31 Å². The van der Waals surface area contributed by atoms with Crippen LogP contribution in [-0.4, -0.2) is 38.3 Å². The predicted octanol–water partition coefficient (Wildman–Crippen LogP) is 3.39. The maximum atomic E-state index is 12.4. The summed E-state index contributed by atoms with van der Waals surface area (Å²) in [7, 11) is -3.51. The lowest BCUT2D eigenvalue weighted by Crippen LogP contribution is -2.30. The third kappa shape index (κ3) is 5.20. The van der Waals surface area contributed by atoms with Crippen LogP contribution in [0.1, 0.15) is 13.8 Å². The molecule has 0 aliphatic carbocycles. The van der Waals surface area contributed by atoms with E-state index in [1.807, 2.05) is 0 Å². The Balaban J connectivity index is 1.94. The summed E-state index contributed by atoms with van der Waals surface area (Å²) >= 11 is 5.79. The van der Waals surface area contributed by atoms with E-state index >= 15 is 0 Å². The van der Waals surface area contributed by atoms with Crippen LogP contribution in [0.2, 0.25) is 5.02 Å². The molecule has 0 atom stereocenters. The molecule has 0 heterocycles. The van der Waals surface area contributed by atoms with Crippen molar-refractivity contribution in [2.24, 2.45) is 0 Å². The zero-order chi connectivity index (χ0) is 19.2. The minimum atomic E-state index is -3.51. The summed E-state index contributed by atoms with van der Waals surface area (Å²) < 4.78 is 31.6. The minimum Gasteiger partial charge on any atom is -0.484 e. The molecule has 8 heteroatoms. The summed E-state index contributed by atoms with van der Waals surface area (Å²) in [4.78, 5) is 12.1. The molecule has 140 valence electrons. The van der Waals surface area contributed by atoms with Gasteiger partial charge >= 0.3 is 0 Å². The van der Waals surface area contributed by atoms with Crippen LogP contribution in [0, 0.1) is 0 Å². The lowest BCUT2D eigenvalue weighted by atomic mass is 10.3. The highest BCUT2D eigenvalue weighted by atomic mass is 35.5. The van der Waals surface area contributed by atoms with E-state index in [9.17, 15) is 13.2 Å². The first kappa shape index (κ1) is 20.2. The summed E-state index contributed by atoms with van der Waals surface area (Å²) in [5, 5.41) is 3.26. The number of amides is 1. The molecule has 0 aromatic heterocycles. The third-order valence-corrected chi connectivity index (χ3v) is 5.98. The van der Waals surface area contributed by atoms with E-state index in [1.54, 1.807) is 38.1 Å². The van der Waals surface area contributed by atoms with Crippen LogP contribution in [0.5, 0.6) is 5.75 Å².